The Hall–Kier alpha value is -0.120. The highest BCUT2D eigenvalue weighted by Crippen LogP contribution is 2.26. The second kappa shape index (κ2) is 6.17. The number of rotatable bonds is 3. The molecule has 0 saturated carbocycles. The third-order valence-electron chi connectivity index (χ3n) is 4.97. The lowest BCUT2D eigenvalue weighted by Crippen LogP contribution is -2.51. The summed E-state index contributed by atoms with van der Waals surface area (Å²) >= 11 is 0. The highest BCUT2D eigenvalue weighted by atomic mass is 15.2. The monoisotopic (exact) mass is 239 g/mol. The van der Waals surface area contributed by atoms with Gasteiger partial charge in [-0.05, 0) is 63.8 Å². The molecule has 2 unspecified atom stereocenters. The molecule has 2 N–H and O–H groups in total. The fourth-order valence-corrected chi connectivity index (χ4v) is 3.42. The van der Waals surface area contributed by atoms with Crippen LogP contribution in [-0.2, 0) is 0 Å². The van der Waals surface area contributed by atoms with E-state index in [1.165, 1.54) is 52.0 Å². The van der Waals surface area contributed by atoms with Gasteiger partial charge in [-0.25, -0.2) is 0 Å². The average molecular weight is 239 g/mol. The van der Waals surface area contributed by atoms with Crippen molar-refractivity contribution in [3.8, 4) is 0 Å². The fraction of sp³-hybridized carbons (Fsp3) is 1.00. The Balaban J connectivity index is 1.83. The minimum Gasteiger partial charge on any atom is -0.330 e. The van der Waals surface area contributed by atoms with E-state index in [9.17, 15) is 0 Å². The highest BCUT2D eigenvalue weighted by Gasteiger charge is 2.30. The number of nitrogens with zero attached hydrogens (tertiary/aromatic N) is 2. The van der Waals surface area contributed by atoms with Crippen LogP contribution in [0.4, 0.5) is 0 Å². The van der Waals surface area contributed by atoms with Crippen LogP contribution in [0, 0.1) is 11.8 Å². The van der Waals surface area contributed by atoms with Gasteiger partial charge < -0.3 is 10.6 Å². The molecule has 2 aliphatic rings. The minimum absolute atomic E-state index is 0.730. The molecule has 3 nitrogen and oxygen atoms in total. The van der Waals surface area contributed by atoms with Crippen molar-refractivity contribution >= 4 is 0 Å². The number of hydrogen-bond acceptors (Lipinski definition) is 3. The van der Waals surface area contributed by atoms with Gasteiger partial charge in [0.25, 0.3) is 0 Å². The fourth-order valence-electron chi connectivity index (χ4n) is 3.42. The minimum atomic E-state index is 0.730. The first-order valence-corrected chi connectivity index (χ1v) is 7.41. The summed E-state index contributed by atoms with van der Waals surface area (Å²) in [6, 6.07) is 0.833. The molecule has 0 aromatic rings. The van der Waals surface area contributed by atoms with Gasteiger partial charge in [-0.3, -0.25) is 4.90 Å². The summed E-state index contributed by atoms with van der Waals surface area (Å²) in [7, 11) is 0. The molecule has 2 atom stereocenters. The van der Waals surface area contributed by atoms with Crippen LogP contribution in [0.5, 0.6) is 0 Å². The van der Waals surface area contributed by atoms with Crippen molar-refractivity contribution in [3.05, 3.63) is 0 Å². The Kier molecular flexibility index (Phi) is 4.83. The molecule has 0 radical (unpaired) electrons. The lowest BCUT2D eigenvalue weighted by Gasteiger charge is -2.44. The Labute approximate surface area is 106 Å². The van der Waals surface area contributed by atoms with E-state index in [0.717, 1.165) is 24.4 Å². The van der Waals surface area contributed by atoms with Gasteiger partial charge in [-0.15, -0.1) is 0 Å². The van der Waals surface area contributed by atoms with Crippen molar-refractivity contribution in [2.24, 2.45) is 17.6 Å². The normalized spacial score (nSPS) is 34.1. The summed E-state index contributed by atoms with van der Waals surface area (Å²) in [5.74, 6) is 1.56. The van der Waals surface area contributed by atoms with E-state index < -0.39 is 0 Å². The van der Waals surface area contributed by atoms with Crippen LogP contribution in [0.1, 0.15) is 33.1 Å². The summed E-state index contributed by atoms with van der Waals surface area (Å²) in [4.78, 5) is 5.30. The lowest BCUT2D eigenvalue weighted by molar-refractivity contribution is 0.0544. The molecule has 0 aliphatic carbocycles. The Morgan fingerprint density at radius 2 is 1.82 bits per heavy atom. The predicted octanol–water partition coefficient (Wildman–Crippen LogP) is 1.39. The quantitative estimate of drug-likeness (QED) is 0.808. The molecular formula is C14H29N3. The molecule has 2 fully saturated rings. The predicted molar refractivity (Wildman–Crippen MR) is 73.0 cm³/mol. The van der Waals surface area contributed by atoms with E-state index in [4.69, 9.17) is 5.73 Å². The lowest BCUT2D eigenvalue weighted by atomic mass is 9.85. The number of piperidine rings is 2. The SMILES string of the molecule is CCN1CCC(N2CCC(C)C(CN)C2)CC1. The van der Waals surface area contributed by atoms with Crippen LogP contribution in [-0.4, -0.2) is 55.1 Å². The highest BCUT2D eigenvalue weighted by molar-refractivity contribution is 4.85. The van der Waals surface area contributed by atoms with E-state index >= 15 is 0 Å². The molecule has 0 spiro atoms. The van der Waals surface area contributed by atoms with Crippen molar-refractivity contribution in [1.29, 1.82) is 0 Å². The first kappa shape index (κ1) is 13.3. The van der Waals surface area contributed by atoms with Gasteiger partial charge in [0.2, 0.25) is 0 Å². The van der Waals surface area contributed by atoms with E-state index in [-0.39, 0.29) is 0 Å². The largest absolute Gasteiger partial charge is 0.330 e. The molecular weight excluding hydrogens is 210 g/mol. The van der Waals surface area contributed by atoms with Gasteiger partial charge in [0, 0.05) is 12.6 Å². The van der Waals surface area contributed by atoms with Crippen molar-refractivity contribution in [3.63, 3.8) is 0 Å². The van der Waals surface area contributed by atoms with Crippen LogP contribution in [0.25, 0.3) is 0 Å². The Morgan fingerprint density at radius 3 is 2.41 bits per heavy atom. The molecule has 0 aromatic heterocycles. The van der Waals surface area contributed by atoms with Gasteiger partial charge in [-0.2, -0.15) is 0 Å². The van der Waals surface area contributed by atoms with E-state index in [1.807, 2.05) is 0 Å². The first-order valence-electron chi connectivity index (χ1n) is 7.41. The van der Waals surface area contributed by atoms with Gasteiger partial charge >= 0.3 is 0 Å². The van der Waals surface area contributed by atoms with Gasteiger partial charge in [0.1, 0.15) is 0 Å². The van der Waals surface area contributed by atoms with Gasteiger partial charge in [0.05, 0.1) is 0 Å². The molecule has 2 aliphatic heterocycles. The maximum atomic E-state index is 5.89. The summed E-state index contributed by atoms with van der Waals surface area (Å²) < 4.78 is 0. The third kappa shape index (κ3) is 3.21. The zero-order valence-corrected chi connectivity index (χ0v) is 11.6. The third-order valence-corrected chi connectivity index (χ3v) is 4.97. The molecule has 2 rings (SSSR count). The molecule has 17 heavy (non-hydrogen) atoms. The Morgan fingerprint density at radius 1 is 1.12 bits per heavy atom. The summed E-state index contributed by atoms with van der Waals surface area (Å²) in [5.41, 5.74) is 5.89. The molecule has 2 saturated heterocycles. The van der Waals surface area contributed by atoms with Crippen LogP contribution < -0.4 is 5.73 Å². The zero-order chi connectivity index (χ0) is 12.3. The molecule has 0 amide bonds. The molecule has 2 heterocycles. The van der Waals surface area contributed by atoms with E-state index in [1.54, 1.807) is 0 Å². The van der Waals surface area contributed by atoms with E-state index in [2.05, 4.69) is 23.6 Å². The molecule has 100 valence electrons. The summed E-state index contributed by atoms with van der Waals surface area (Å²) in [6.07, 6.45) is 4.06. The van der Waals surface area contributed by atoms with Crippen LogP contribution >= 0.6 is 0 Å². The van der Waals surface area contributed by atoms with Crippen molar-refractivity contribution in [2.75, 3.05) is 39.3 Å². The average Bonchev–Trinajstić information content (AvgIpc) is 2.39. The standard InChI is InChI=1S/C14H29N3/c1-3-16-7-5-14(6-8-16)17-9-4-12(2)13(10-15)11-17/h12-14H,3-11,15H2,1-2H3. The summed E-state index contributed by atoms with van der Waals surface area (Å²) in [5, 5.41) is 0. The Bertz CT molecular complexity index is 224. The molecule has 0 aromatic carbocycles. The maximum Gasteiger partial charge on any atom is 0.0120 e. The van der Waals surface area contributed by atoms with Gasteiger partial charge in [0.15, 0.2) is 0 Å². The molecule has 3 heteroatoms. The van der Waals surface area contributed by atoms with Crippen molar-refractivity contribution in [2.45, 2.75) is 39.2 Å². The second-order valence-corrected chi connectivity index (χ2v) is 5.92. The van der Waals surface area contributed by atoms with Crippen LogP contribution in [0.3, 0.4) is 0 Å². The van der Waals surface area contributed by atoms with Crippen LogP contribution in [0.15, 0.2) is 0 Å². The van der Waals surface area contributed by atoms with Crippen molar-refractivity contribution in [1.82, 2.24) is 9.80 Å². The molecule has 0 bridgehead atoms. The second-order valence-electron chi connectivity index (χ2n) is 5.92. The zero-order valence-electron chi connectivity index (χ0n) is 11.6. The van der Waals surface area contributed by atoms with Gasteiger partial charge in [-0.1, -0.05) is 13.8 Å². The first-order chi connectivity index (χ1) is 8.24. The van der Waals surface area contributed by atoms with Crippen molar-refractivity contribution < 1.29 is 0 Å². The topological polar surface area (TPSA) is 32.5 Å². The number of hydrogen-bond donors (Lipinski definition) is 1. The number of nitrogens with two attached hydrogens (primary N) is 1. The van der Waals surface area contributed by atoms with E-state index in [0.29, 0.717) is 0 Å². The van der Waals surface area contributed by atoms with Crippen LogP contribution in [0.2, 0.25) is 0 Å². The smallest absolute Gasteiger partial charge is 0.0120 e. The maximum absolute atomic E-state index is 5.89. The number of likely N-dealkylation sites (tertiary alicyclic amines) is 2. The summed E-state index contributed by atoms with van der Waals surface area (Å²) in [6.45, 7) is 11.9.